The van der Waals surface area contributed by atoms with Crippen molar-refractivity contribution in [3.05, 3.63) is 65.2 Å². The summed E-state index contributed by atoms with van der Waals surface area (Å²) in [7, 11) is -2.76. The zero-order valence-electron chi connectivity index (χ0n) is 16.5. The lowest BCUT2D eigenvalue weighted by molar-refractivity contribution is -0.230. The molecule has 0 saturated heterocycles. The Labute approximate surface area is 168 Å². The Bertz CT molecular complexity index is 922. The smallest absolute Gasteiger partial charge is 0.354 e. The van der Waals surface area contributed by atoms with Crippen molar-refractivity contribution in [2.24, 2.45) is 0 Å². The van der Waals surface area contributed by atoms with Crippen LogP contribution in [0.15, 0.2) is 53.4 Å². The van der Waals surface area contributed by atoms with Gasteiger partial charge in [-0.05, 0) is 50.6 Å². The molecule has 0 fully saturated rings. The maximum atomic E-state index is 13.1. The standard InChI is InChI=1S/C20H23F3O5S/c1-14-8-10-17(11-9-14)29(24,25)27-13-18(28-19(2,3)26-4)15-6-5-7-16(12-15)20(21,22)23/h5-12,18H,13H2,1-4H3. The van der Waals surface area contributed by atoms with E-state index in [1.54, 1.807) is 26.0 Å². The van der Waals surface area contributed by atoms with Crippen LogP contribution in [0.2, 0.25) is 0 Å². The molecule has 0 spiro atoms. The van der Waals surface area contributed by atoms with Crippen LogP contribution >= 0.6 is 0 Å². The van der Waals surface area contributed by atoms with Crippen LogP contribution in [-0.2, 0) is 30.0 Å². The van der Waals surface area contributed by atoms with Crippen molar-refractivity contribution in [3.63, 3.8) is 0 Å². The minimum absolute atomic E-state index is 0.0584. The van der Waals surface area contributed by atoms with E-state index in [4.69, 9.17) is 13.7 Å². The first kappa shape index (κ1) is 23.3. The Morgan fingerprint density at radius 1 is 1.03 bits per heavy atom. The molecule has 2 rings (SSSR count). The Morgan fingerprint density at radius 3 is 2.21 bits per heavy atom. The van der Waals surface area contributed by atoms with Crippen molar-refractivity contribution in [3.8, 4) is 0 Å². The first-order chi connectivity index (χ1) is 13.3. The molecule has 160 valence electrons. The van der Waals surface area contributed by atoms with E-state index in [0.717, 1.165) is 17.7 Å². The SMILES string of the molecule is COC(C)(C)OC(COS(=O)(=O)c1ccc(C)cc1)c1cccc(C(F)(F)F)c1. The van der Waals surface area contributed by atoms with Gasteiger partial charge in [0.15, 0.2) is 5.79 Å². The van der Waals surface area contributed by atoms with E-state index in [9.17, 15) is 21.6 Å². The molecule has 0 bridgehead atoms. The summed E-state index contributed by atoms with van der Waals surface area (Å²) in [5.74, 6) is -1.18. The van der Waals surface area contributed by atoms with Crippen molar-refractivity contribution in [1.82, 2.24) is 0 Å². The molecule has 2 aromatic rings. The van der Waals surface area contributed by atoms with Crippen molar-refractivity contribution in [2.45, 2.75) is 43.7 Å². The molecule has 0 N–H and O–H groups in total. The predicted molar refractivity (Wildman–Crippen MR) is 101 cm³/mol. The highest BCUT2D eigenvalue weighted by Gasteiger charge is 2.33. The van der Waals surface area contributed by atoms with Crippen LogP contribution in [0, 0.1) is 6.92 Å². The van der Waals surface area contributed by atoms with Crippen molar-refractivity contribution >= 4 is 10.1 Å². The zero-order chi connectivity index (χ0) is 21.9. The van der Waals surface area contributed by atoms with E-state index >= 15 is 0 Å². The normalized spacial score (nSPS) is 14.0. The molecule has 0 amide bonds. The van der Waals surface area contributed by atoms with E-state index in [2.05, 4.69) is 0 Å². The third-order valence-corrected chi connectivity index (χ3v) is 5.48. The Balaban J connectivity index is 2.31. The Hall–Kier alpha value is -1.94. The largest absolute Gasteiger partial charge is 0.416 e. The topological polar surface area (TPSA) is 61.8 Å². The van der Waals surface area contributed by atoms with Crippen LogP contribution in [0.1, 0.15) is 36.6 Å². The predicted octanol–water partition coefficient (Wildman–Crippen LogP) is 4.86. The number of methoxy groups -OCH3 is 1. The number of aryl methyl sites for hydroxylation is 1. The Morgan fingerprint density at radius 2 is 1.66 bits per heavy atom. The number of benzene rings is 2. The highest BCUT2D eigenvalue weighted by atomic mass is 32.2. The quantitative estimate of drug-likeness (QED) is 0.440. The van der Waals surface area contributed by atoms with Gasteiger partial charge in [-0.3, -0.25) is 4.18 Å². The Kier molecular flexibility index (Phi) is 7.10. The number of hydrogen-bond acceptors (Lipinski definition) is 5. The van der Waals surface area contributed by atoms with Crippen molar-refractivity contribution in [2.75, 3.05) is 13.7 Å². The van der Waals surface area contributed by atoms with Crippen LogP contribution < -0.4 is 0 Å². The van der Waals surface area contributed by atoms with Gasteiger partial charge in [0, 0.05) is 7.11 Å². The van der Waals surface area contributed by atoms with Crippen LogP contribution in [0.3, 0.4) is 0 Å². The second-order valence-electron chi connectivity index (χ2n) is 6.89. The van der Waals surface area contributed by atoms with Gasteiger partial charge in [-0.1, -0.05) is 29.8 Å². The van der Waals surface area contributed by atoms with Gasteiger partial charge in [0.2, 0.25) is 0 Å². The molecule has 0 radical (unpaired) electrons. The highest BCUT2D eigenvalue weighted by molar-refractivity contribution is 7.86. The summed E-state index contributed by atoms with van der Waals surface area (Å²) < 4.78 is 80.1. The summed E-state index contributed by atoms with van der Waals surface area (Å²) in [6, 6.07) is 10.5. The number of ether oxygens (including phenoxy) is 2. The second-order valence-corrected chi connectivity index (χ2v) is 8.50. The lowest BCUT2D eigenvalue weighted by Crippen LogP contribution is -2.31. The molecule has 0 aliphatic heterocycles. The molecule has 0 heterocycles. The first-order valence-electron chi connectivity index (χ1n) is 8.70. The molecule has 5 nitrogen and oxygen atoms in total. The van der Waals surface area contributed by atoms with Gasteiger partial charge in [-0.15, -0.1) is 0 Å². The first-order valence-corrected chi connectivity index (χ1v) is 10.1. The van der Waals surface area contributed by atoms with Crippen LogP contribution in [0.25, 0.3) is 0 Å². The second kappa shape index (κ2) is 8.83. The van der Waals surface area contributed by atoms with E-state index in [0.29, 0.717) is 0 Å². The van der Waals surface area contributed by atoms with Gasteiger partial charge in [-0.25, -0.2) is 0 Å². The molecule has 1 unspecified atom stereocenters. The summed E-state index contributed by atoms with van der Waals surface area (Å²) in [5, 5.41) is 0. The van der Waals surface area contributed by atoms with Gasteiger partial charge in [0.05, 0.1) is 17.1 Å². The number of rotatable bonds is 8. The molecule has 0 aliphatic rings. The van der Waals surface area contributed by atoms with Crippen LogP contribution in [-0.4, -0.2) is 27.9 Å². The summed E-state index contributed by atoms with van der Waals surface area (Å²) in [4.78, 5) is -0.0584. The summed E-state index contributed by atoms with van der Waals surface area (Å²) >= 11 is 0. The molecule has 0 aliphatic carbocycles. The molecular weight excluding hydrogens is 409 g/mol. The monoisotopic (exact) mass is 432 g/mol. The third-order valence-electron chi connectivity index (χ3n) is 4.19. The summed E-state index contributed by atoms with van der Waals surface area (Å²) in [5.41, 5.74) is 0.111. The minimum atomic E-state index is -4.55. The van der Waals surface area contributed by atoms with Gasteiger partial charge in [-0.2, -0.15) is 21.6 Å². The molecular formula is C20H23F3O5S. The number of hydrogen-bond donors (Lipinski definition) is 0. The fourth-order valence-electron chi connectivity index (χ4n) is 2.43. The summed E-state index contributed by atoms with van der Waals surface area (Å²) in [6.07, 6.45) is -5.67. The van der Waals surface area contributed by atoms with Gasteiger partial charge >= 0.3 is 6.18 Å². The van der Waals surface area contributed by atoms with E-state index < -0.39 is 40.4 Å². The average molecular weight is 432 g/mol. The molecule has 0 aromatic heterocycles. The van der Waals surface area contributed by atoms with E-state index in [1.165, 1.54) is 31.4 Å². The summed E-state index contributed by atoms with van der Waals surface area (Å²) in [6.45, 7) is 4.40. The maximum Gasteiger partial charge on any atom is 0.416 e. The highest BCUT2D eigenvalue weighted by Crippen LogP contribution is 2.33. The molecule has 1 atom stereocenters. The van der Waals surface area contributed by atoms with Crippen LogP contribution in [0.4, 0.5) is 13.2 Å². The third kappa shape index (κ3) is 6.53. The zero-order valence-corrected chi connectivity index (χ0v) is 17.3. The lowest BCUT2D eigenvalue weighted by atomic mass is 10.1. The molecule has 2 aromatic carbocycles. The minimum Gasteiger partial charge on any atom is -0.354 e. The number of halogens is 3. The van der Waals surface area contributed by atoms with Crippen molar-refractivity contribution < 1.29 is 35.2 Å². The average Bonchev–Trinajstić information content (AvgIpc) is 2.65. The van der Waals surface area contributed by atoms with E-state index in [1.807, 2.05) is 6.92 Å². The fraction of sp³-hybridized carbons (Fsp3) is 0.400. The molecule has 29 heavy (non-hydrogen) atoms. The van der Waals surface area contributed by atoms with Gasteiger partial charge < -0.3 is 9.47 Å². The van der Waals surface area contributed by atoms with Crippen LogP contribution in [0.5, 0.6) is 0 Å². The lowest BCUT2D eigenvalue weighted by Gasteiger charge is -2.30. The van der Waals surface area contributed by atoms with E-state index in [-0.39, 0.29) is 10.5 Å². The maximum absolute atomic E-state index is 13.1. The van der Waals surface area contributed by atoms with Gasteiger partial charge in [0.1, 0.15) is 6.10 Å². The fourth-order valence-corrected chi connectivity index (χ4v) is 3.34. The van der Waals surface area contributed by atoms with Crippen molar-refractivity contribution in [1.29, 1.82) is 0 Å². The number of alkyl halides is 3. The molecule has 9 heteroatoms. The molecule has 0 saturated carbocycles. The van der Waals surface area contributed by atoms with Gasteiger partial charge in [0.25, 0.3) is 10.1 Å².